The summed E-state index contributed by atoms with van der Waals surface area (Å²) in [5.41, 5.74) is 0.650. The maximum Gasteiger partial charge on any atom is 0.200 e. The Bertz CT molecular complexity index is 596. The summed E-state index contributed by atoms with van der Waals surface area (Å²) in [6, 6.07) is 1.83. The van der Waals surface area contributed by atoms with Crippen LogP contribution in [0.4, 0.5) is 0 Å². The van der Waals surface area contributed by atoms with Crippen LogP contribution in [-0.2, 0) is 24.1 Å². The molecule has 0 aliphatic heterocycles. The summed E-state index contributed by atoms with van der Waals surface area (Å²) in [6.07, 6.45) is 4.58. The zero-order chi connectivity index (χ0) is 20.1. The number of hydrogen-bond acceptors (Lipinski definition) is 6. The van der Waals surface area contributed by atoms with E-state index in [4.69, 9.17) is 23.6 Å². The average molecular weight is 397 g/mol. The molecule has 2 rings (SSSR count). The number of rotatable bonds is 10. The lowest BCUT2D eigenvalue weighted by atomic mass is 9.68. The summed E-state index contributed by atoms with van der Waals surface area (Å²) in [7, 11) is 1.50. The second-order valence-electron chi connectivity index (χ2n) is 8.90. The van der Waals surface area contributed by atoms with E-state index in [1.165, 1.54) is 6.42 Å². The van der Waals surface area contributed by atoms with Crippen LogP contribution >= 0.6 is 0 Å². The minimum atomic E-state index is -1.72. The predicted octanol–water partition coefficient (Wildman–Crippen LogP) is 4.23. The van der Waals surface area contributed by atoms with Gasteiger partial charge in [0.15, 0.2) is 8.32 Å². The van der Waals surface area contributed by atoms with E-state index in [-0.39, 0.29) is 10.5 Å². The summed E-state index contributed by atoms with van der Waals surface area (Å²) >= 11 is 0. The van der Waals surface area contributed by atoms with E-state index in [1.807, 2.05) is 6.07 Å². The van der Waals surface area contributed by atoms with Crippen LogP contribution in [0.3, 0.4) is 0 Å². The first-order chi connectivity index (χ1) is 12.6. The Morgan fingerprint density at radius 2 is 1.81 bits per heavy atom. The smallest absolute Gasteiger partial charge is 0.200 e. The third-order valence-corrected chi connectivity index (χ3v) is 10.5. The maximum absolute atomic E-state index is 6.20. The van der Waals surface area contributed by atoms with Gasteiger partial charge in [-0.25, -0.2) is 9.97 Å². The van der Waals surface area contributed by atoms with Gasteiger partial charge in [-0.3, -0.25) is 0 Å². The molecule has 0 amide bonds. The molecule has 1 heterocycles. The first-order valence-corrected chi connectivity index (χ1v) is 12.7. The van der Waals surface area contributed by atoms with Crippen LogP contribution in [0.1, 0.15) is 57.8 Å². The molecule has 1 aliphatic rings. The van der Waals surface area contributed by atoms with Crippen LogP contribution < -0.4 is 0 Å². The Morgan fingerprint density at radius 1 is 1.15 bits per heavy atom. The molecule has 1 aliphatic carbocycles. The second-order valence-corrected chi connectivity index (χ2v) is 13.7. The van der Waals surface area contributed by atoms with Crippen molar-refractivity contribution in [2.75, 3.05) is 34.0 Å². The molecule has 0 saturated heterocycles. The molecular formula is C20H36N2O4Si. The largest absolute Gasteiger partial charge is 0.414 e. The summed E-state index contributed by atoms with van der Waals surface area (Å²) < 4.78 is 22.8. The predicted molar refractivity (Wildman–Crippen MR) is 108 cm³/mol. The highest BCUT2D eigenvalue weighted by molar-refractivity contribution is 6.74. The molecule has 7 heteroatoms. The van der Waals surface area contributed by atoms with Gasteiger partial charge in [-0.05, 0) is 37.0 Å². The normalized spacial score (nSPS) is 17.2. The lowest BCUT2D eigenvalue weighted by Crippen LogP contribution is -2.43. The van der Waals surface area contributed by atoms with E-state index in [1.54, 1.807) is 20.4 Å². The van der Waals surface area contributed by atoms with Crippen molar-refractivity contribution in [3.05, 3.63) is 23.8 Å². The van der Waals surface area contributed by atoms with Gasteiger partial charge in [0.1, 0.15) is 5.82 Å². The van der Waals surface area contributed by atoms with Crippen LogP contribution in [0.15, 0.2) is 12.3 Å². The Hall–Kier alpha value is -0.863. The fourth-order valence-electron chi connectivity index (χ4n) is 2.97. The summed E-state index contributed by atoms with van der Waals surface area (Å²) in [6.45, 7) is 13.2. The van der Waals surface area contributed by atoms with E-state index in [2.05, 4.69) is 38.8 Å². The minimum Gasteiger partial charge on any atom is -0.414 e. The van der Waals surface area contributed by atoms with Gasteiger partial charge in [0.05, 0.1) is 30.9 Å². The molecule has 0 N–H and O–H groups in total. The van der Waals surface area contributed by atoms with Gasteiger partial charge in [-0.15, -0.1) is 0 Å². The van der Waals surface area contributed by atoms with E-state index in [0.717, 1.165) is 24.4 Å². The standard InChI is InChI=1S/C20H36N2O4Si/c1-19(2,3)27(6,7)26-14-13-25-15-20(10-8-11-20)18-21-12-9-16(22-18)17(23-4)24-5/h9,12,17H,8,10-11,13-15H2,1-7H3. The Morgan fingerprint density at radius 3 is 2.33 bits per heavy atom. The fraction of sp³-hybridized carbons (Fsp3) is 0.800. The minimum absolute atomic E-state index is 0.0982. The Kier molecular flexibility index (Phi) is 7.55. The van der Waals surface area contributed by atoms with Crippen molar-refractivity contribution in [3.8, 4) is 0 Å². The number of ether oxygens (including phenoxy) is 3. The molecule has 1 aromatic heterocycles. The van der Waals surface area contributed by atoms with E-state index in [0.29, 0.717) is 19.8 Å². The number of methoxy groups -OCH3 is 2. The summed E-state index contributed by atoms with van der Waals surface area (Å²) in [4.78, 5) is 9.24. The van der Waals surface area contributed by atoms with Crippen LogP contribution in [-0.4, -0.2) is 52.3 Å². The third-order valence-electron chi connectivity index (χ3n) is 6.01. The monoisotopic (exact) mass is 396 g/mol. The number of nitrogens with zero attached hydrogens (tertiary/aromatic N) is 2. The van der Waals surface area contributed by atoms with Gasteiger partial charge < -0.3 is 18.6 Å². The molecule has 0 aromatic carbocycles. The highest BCUT2D eigenvalue weighted by Gasteiger charge is 2.42. The highest BCUT2D eigenvalue weighted by atomic mass is 28.4. The Labute approximate surface area is 165 Å². The molecule has 0 unspecified atom stereocenters. The van der Waals surface area contributed by atoms with Gasteiger partial charge in [0, 0.05) is 20.4 Å². The molecule has 1 aromatic rings. The molecule has 0 atom stereocenters. The molecule has 1 fully saturated rings. The SMILES string of the molecule is COC(OC)c1ccnc(C2(COCCO[Si](C)(C)C(C)(C)C)CCC2)n1. The van der Waals surface area contributed by atoms with Crippen molar-refractivity contribution >= 4 is 8.32 Å². The Balaban J connectivity index is 1.92. The molecule has 0 radical (unpaired) electrons. The van der Waals surface area contributed by atoms with Crippen molar-refractivity contribution in [1.29, 1.82) is 0 Å². The van der Waals surface area contributed by atoms with Crippen molar-refractivity contribution in [2.45, 2.75) is 69.9 Å². The van der Waals surface area contributed by atoms with Crippen molar-refractivity contribution in [2.24, 2.45) is 0 Å². The number of aromatic nitrogens is 2. The molecule has 154 valence electrons. The lowest BCUT2D eigenvalue weighted by molar-refractivity contribution is -0.109. The summed E-state index contributed by atoms with van der Waals surface area (Å²) in [5.74, 6) is 0.829. The quantitative estimate of drug-likeness (QED) is 0.335. The molecular weight excluding hydrogens is 360 g/mol. The van der Waals surface area contributed by atoms with Crippen molar-refractivity contribution in [1.82, 2.24) is 9.97 Å². The average Bonchev–Trinajstić information content (AvgIpc) is 2.57. The van der Waals surface area contributed by atoms with Gasteiger partial charge >= 0.3 is 0 Å². The van der Waals surface area contributed by atoms with Crippen molar-refractivity contribution < 1.29 is 18.6 Å². The maximum atomic E-state index is 6.20. The van der Waals surface area contributed by atoms with Crippen LogP contribution in [0.2, 0.25) is 18.1 Å². The highest BCUT2D eigenvalue weighted by Crippen LogP contribution is 2.42. The van der Waals surface area contributed by atoms with Gasteiger partial charge in [0.2, 0.25) is 6.29 Å². The van der Waals surface area contributed by atoms with Crippen LogP contribution in [0, 0.1) is 0 Å². The zero-order valence-corrected chi connectivity index (χ0v) is 19.0. The first-order valence-electron chi connectivity index (χ1n) is 9.76. The number of hydrogen-bond donors (Lipinski definition) is 0. The zero-order valence-electron chi connectivity index (χ0n) is 18.0. The van der Waals surface area contributed by atoms with Gasteiger partial charge in [0.25, 0.3) is 0 Å². The van der Waals surface area contributed by atoms with Gasteiger partial charge in [-0.1, -0.05) is 27.2 Å². The van der Waals surface area contributed by atoms with Gasteiger partial charge in [-0.2, -0.15) is 0 Å². The van der Waals surface area contributed by atoms with E-state index < -0.39 is 14.6 Å². The van der Waals surface area contributed by atoms with E-state index >= 15 is 0 Å². The van der Waals surface area contributed by atoms with Crippen LogP contribution in [0.5, 0.6) is 0 Å². The first kappa shape index (κ1) is 22.4. The van der Waals surface area contributed by atoms with E-state index in [9.17, 15) is 0 Å². The molecule has 0 bridgehead atoms. The molecule has 6 nitrogen and oxygen atoms in total. The topological polar surface area (TPSA) is 62.7 Å². The van der Waals surface area contributed by atoms with Crippen LogP contribution in [0.25, 0.3) is 0 Å². The molecule has 27 heavy (non-hydrogen) atoms. The fourth-order valence-corrected chi connectivity index (χ4v) is 4.00. The second kappa shape index (κ2) is 9.09. The summed E-state index contributed by atoms with van der Waals surface area (Å²) in [5, 5.41) is 0.218. The third kappa shape index (κ3) is 5.35. The molecule has 1 saturated carbocycles. The lowest BCUT2D eigenvalue weighted by Gasteiger charge is -2.40. The molecule has 0 spiro atoms. The van der Waals surface area contributed by atoms with Crippen molar-refractivity contribution in [3.63, 3.8) is 0 Å².